The fourth-order valence-corrected chi connectivity index (χ4v) is 6.79. The molecule has 0 aliphatic carbocycles. The van der Waals surface area contributed by atoms with Crippen LogP contribution in [0, 0.1) is 6.92 Å². The number of nitrogens with zero attached hydrogens (tertiary/aromatic N) is 4. The number of carbonyl (C=O) groups is 1. The van der Waals surface area contributed by atoms with E-state index in [9.17, 15) is 13.2 Å². The van der Waals surface area contributed by atoms with Crippen LogP contribution in [0.4, 0.5) is 11.4 Å². The second-order valence-electron chi connectivity index (χ2n) is 8.63. The van der Waals surface area contributed by atoms with E-state index in [1.54, 1.807) is 18.2 Å². The van der Waals surface area contributed by atoms with E-state index in [-0.39, 0.29) is 22.6 Å². The lowest BCUT2D eigenvalue weighted by Gasteiger charge is -2.29. The smallest absolute Gasteiger partial charge is 0.243 e. The maximum absolute atomic E-state index is 13.0. The second kappa shape index (κ2) is 9.52. The summed E-state index contributed by atoms with van der Waals surface area (Å²) in [5, 5.41) is 9.90. The number of anilines is 1. The van der Waals surface area contributed by atoms with Crippen LogP contribution >= 0.6 is 11.8 Å². The highest BCUT2D eigenvalue weighted by Crippen LogP contribution is 2.40. The molecule has 1 atom stereocenters. The Morgan fingerprint density at radius 1 is 1.15 bits per heavy atom. The van der Waals surface area contributed by atoms with E-state index in [1.165, 1.54) is 16.1 Å². The first-order valence-corrected chi connectivity index (χ1v) is 13.9. The molecule has 8 nitrogen and oxygen atoms in total. The van der Waals surface area contributed by atoms with Crippen LogP contribution in [0.1, 0.15) is 42.9 Å². The first-order valence-electron chi connectivity index (χ1n) is 11.5. The van der Waals surface area contributed by atoms with Gasteiger partial charge in [-0.05, 0) is 43.5 Å². The molecule has 178 valence electrons. The molecule has 1 fully saturated rings. The minimum Gasteiger partial charge on any atom is -0.325 e. The molecule has 3 heterocycles. The number of carbonyl (C=O) groups excluding carboxylic acids is 1. The summed E-state index contributed by atoms with van der Waals surface area (Å²) in [6.45, 7) is 2.94. The van der Waals surface area contributed by atoms with E-state index in [1.807, 2.05) is 36.3 Å². The van der Waals surface area contributed by atoms with Crippen molar-refractivity contribution in [3.8, 4) is 0 Å². The van der Waals surface area contributed by atoms with Crippen molar-refractivity contribution in [2.24, 2.45) is 10.1 Å². The van der Waals surface area contributed by atoms with Crippen molar-refractivity contribution >= 4 is 50.4 Å². The van der Waals surface area contributed by atoms with Gasteiger partial charge in [-0.3, -0.25) is 4.79 Å². The van der Waals surface area contributed by atoms with Gasteiger partial charge in [0.1, 0.15) is 0 Å². The molecule has 0 spiro atoms. The zero-order chi connectivity index (χ0) is 23.7. The minimum absolute atomic E-state index is 0.109. The van der Waals surface area contributed by atoms with Gasteiger partial charge < -0.3 is 5.32 Å². The van der Waals surface area contributed by atoms with Gasteiger partial charge in [0.2, 0.25) is 15.9 Å². The highest BCUT2D eigenvalue weighted by molar-refractivity contribution is 8.14. The summed E-state index contributed by atoms with van der Waals surface area (Å²) in [5.41, 5.74) is 3.36. The van der Waals surface area contributed by atoms with Crippen LogP contribution in [0.25, 0.3) is 0 Å². The fourth-order valence-electron chi connectivity index (χ4n) is 4.45. The lowest BCUT2D eigenvalue weighted by atomic mass is 10.0. The Kier molecular flexibility index (Phi) is 6.46. The topological polar surface area (TPSA) is 94.4 Å². The standard InChI is InChI=1S/C24H27N5O3S2/c1-17-9-10-18(34(31,32)28-13-5-2-6-14-28)15-21(17)26-23(30)16-33-24-27-20-8-4-3-7-19(20)22-11-12-25-29(22)24/h3-4,7-10,12,15,22H,2,5-6,11,13-14,16H2,1H3,(H,26,30). The van der Waals surface area contributed by atoms with Gasteiger partial charge >= 0.3 is 0 Å². The lowest BCUT2D eigenvalue weighted by molar-refractivity contribution is -0.113. The molecule has 1 N–H and O–H groups in total. The molecule has 0 saturated carbocycles. The molecule has 0 bridgehead atoms. The molecule has 2 aromatic carbocycles. The van der Waals surface area contributed by atoms with Crippen LogP contribution in [-0.2, 0) is 14.8 Å². The summed E-state index contributed by atoms with van der Waals surface area (Å²) in [5.74, 6) is -0.0793. The Bertz CT molecular complexity index is 1270. The Balaban J connectivity index is 1.28. The number of thioether (sulfide) groups is 1. The number of piperidine rings is 1. The van der Waals surface area contributed by atoms with Crippen LogP contribution in [-0.4, -0.2) is 53.9 Å². The normalized spacial score (nSPS) is 20.0. The van der Waals surface area contributed by atoms with Gasteiger partial charge in [-0.1, -0.05) is 42.4 Å². The molecule has 0 radical (unpaired) electrons. The number of aliphatic imine (C=N–C) groups is 1. The van der Waals surface area contributed by atoms with Crippen molar-refractivity contribution in [2.75, 3.05) is 24.2 Å². The van der Waals surface area contributed by atoms with Crippen LogP contribution in [0.5, 0.6) is 0 Å². The number of amides is 1. The van der Waals surface area contributed by atoms with E-state index in [2.05, 4.69) is 16.5 Å². The van der Waals surface area contributed by atoms with Gasteiger partial charge in [0.05, 0.1) is 22.4 Å². The zero-order valence-corrected chi connectivity index (χ0v) is 20.6. The van der Waals surface area contributed by atoms with E-state index < -0.39 is 10.0 Å². The van der Waals surface area contributed by atoms with E-state index >= 15 is 0 Å². The predicted molar refractivity (Wildman–Crippen MR) is 136 cm³/mol. The molecule has 3 aliphatic heterocycles. The number of para-hydroxylation sites is 1. The van der Waals surface area contributed by atoms with E-state index in [4.69, 9.17) is 4.99 Å². The van der Waals surface area contributed by atoms with E-state index in [0.29, 0.717) is 23.9 Å². The van der Waals surface area contributed by atoms with Crippen LogP contribution in [0.2, 0.25) is 0 Å². The molecule has 0 aromatic heterocycles. The number of amidine groups is 1. The third kappa shape index (κ3) is 4.49. The molecule has 1 unspecified atom stereocenters. The Morgan fingerprint density at radius 3 is 2.76 bits per heavy atom. The summed E-state index contributed by atoms with van der Waals surface area (Å²) in [6.07, 6.45) is 5.49. The van der Waals surface area contributed by atoms with Crippen molar-refractivity contribution in [3.05, 3.63) is 53.6 Å². The van der Waals surface area contributed by atoms with Gasteiger partial charge in [-0.15, -0.1) is 0 Å². The number of hydrazone groups is 1. The maximum Gasteiger partial charge on any atom is 0.243 e. The Morgan fingerprint density at radius 2 is 1.94 bits per heavy atom. The zero-order valence-electron chi connectivity index (χ0n) is 19.0. The van der Waals surface area contributed by atoms with Crippen molar-refractivity contribution in [3.63, 3.8) is 0 Å². The average molecular weight is 498 g/mol. The number of benzene rings is 2. The number of nitrogens with one attached hydrogen (secondary N) is 1. The van der Waals surface area contributed by atoms with Crippen molar-refractivity contribution in [1.29, 1.82) is 0 Å². The number of aryl methyl sites for hydroxylation is 1. The summed E-state index contributed by atoms with van der Waals surface area (Å²) < 4.78 is 27.6. The van der Waals surface area contributed by atoms with Gasteiger partial charge in [-0.25, -0.2) is 18.4 Å². The average Bonchev–Trinajstić information content (AvgIpc) is 3.35. The molecule has 2 aromatic rings. The fraction of sp³-hybridized carbons (Fsp3) is 0.375. The predicted octanol–water partition coefficient (Wildman–Crippen LogP) is 4.28. The Hall–Kier alpha value is -2.69. The van der Waals surface area contributed by atoms with Crippen LogP contribution < -0.4 is 5.32 Å². The number of hydrogen-bond acceptors (Lipinski definition) is 7. The molecule has 1 saturated heterocycles. The minimum atomic E-state index is -3.57. The molecular weight excluding hydrogens is 470 g/mol. The molecule has 3 aliphatic rings. The van der Waals surface area contributed by atoms with Gasteiger partial charge in [0.15, 0.2) is 5.17 Å². The number of hydrogen-bond donors (Lipinski definition) is 1. The highest BCUT2D eigenvalue weighted by atomic mass is 32.2. The Labute approximate surface area is 204 Å². The monoisotopic (exact) mass is 497 g/mol. The van der Waals surface area contributed by atoms with Gasteiger partial charge in [-0.2, -0.15) is 9.41 Å². The largest absolute Gasteiger partial charge is 0.325 e. The summed E-state index contributed by atoms with van der Waals surface area (Å²) in [7, 11) is -3.57. The molecule has 1 amide bonds. The van der Waals surface area contributed by atoms with Crippen LogP contribution in [0.3, 0.4) is 0 Å². The number of fused-ring (bicyclic) bond motifs is 3. The van der Waals surface area contributed by atoms with Crippen molar-refractivity contribution < 1.29 is 13.2 Å². The second-order valence-corrected chi connectivity index (χ2v) is 11.5. The van der Waals surface area contributed by atoms with Crippen molar-refractivity contribution in [2.45, 2.75) is 43.5 Å². The third-order valence-electron chi connectivity index (χ3n) is 6.31. The summed E-state index contributed by atoms with van der Waals surface area (Å²) >= 11 is 1.33. The number of sulfonamides is 1. The van der Waals surface area contributed by atoms with Gasteiger partial charge in [0, 0.05) is 37.0 Å². The molecule has 10 heteroatoms. The van der Waals surface area contributed by atoms with Crippen molar-refractivity contribution in [1.82, 2.24) is 9.31 Å². The van der Waals surface area contributed by atoms with E-state index in [0.717, 1.165) is 42.5 Å². The third-order valence-corrected chi connectivity index (χ3v) is 9.14. The summed E-state index contributed by atoms with van der Waals surface area (Å²) in [6, 6.07) is 13.0. The molecular formula is C24H27N5O3S2. The highest BCUT2D eigenvalue weighted by Gasteiger charge is 2.33. The maximum atomic E-state index is 13.0. The quantitative estimate of drug-likeness (QED) is 0.666. The SMILES string of the molecule is Cc1ccc(S(=O)(=O)N2CCCCC2)cc1NC(=O)CSC1=Nc2ccccc2C2CC=NN12. The first-order chi connectivity index (χ1) is 16.4. The first kappa shape index (κ1) is 23.1. The van der Waals surface area contributed by atoms with Gasteiger partial charge in [0.25, 0.3) is 0 Å². The summed E-state index contributed by atoms with van der Waals surface area (Å²) in [4.78, 5) is 17.7. The van der Waals surface area contributed by atoms with Crippen LogP contribution in [0.15, 0.2) is 57.5 Å². The molecule has 34 heavy (non-hydrogen) atoms. The number of rotatable bonds is 5. The lowest BCUT2D eigenvalue weighted by Crippen LogP contribution is -2.35. The molecule has 5 rings (SSSR count).